The highest BCUT2D eigenvalue weighted by molar-refractivity contribution is 5.70. The number of imidazole rings is 1. The molecule has 1 saturated heterocycles. The van der Waals surface area contributed by atoms with Crippen LogP contribution in [0, 0.1) is 17.8 Å². The van der Waals surface area contributed by atoms with Gasteiger partial charge in [0.05, 0.1) is 35.8 Å². The van der Waals surface area contributed by atoms with Crippen LogP contribution < -0.4 is 5.32 Å². The van der Waals surface area contributed by atoms with E-state index in [2.05, 4.69) is 26.8 Å². The van der Waals surface area contributed by atoms with E-state index in [0.29, 0.717) is 29.0 Å². The van der Waals surface area contributed by atoms with Gasteiger partial charge in [-0.05, 0) is 48.5 Å². The number of benzene rings is 1. The third-order valence-electron chi connectivity index (χ3n) is 5.53. The minimum atomic E-state index is 0.167. The Hall–Kier alpha value is -2.99. The van der Waals surface area contributed by atoms with E-state index in [0.717, 1.165) is 30.0 Å². The second-order valence-corrected chi connectivity index (χ2v) is 7.00. The lowest BCUT2D eigenvalue weighted by Crippen LogP contribution is -2.15. The zero-order chi connectivity index (χ0) is 17.7. The molecule has 2 fully saturated rings. The molecule has 1 aliphatic carbocycles. The Kier molecular flexibility index (Phi) is 3.39. The number of rotatable bonds is 4. The van der Waals surface area contributed by atoms with Crippen molar-refractivity contribution in [3.05, 3.63) is 61.6 Å². The summed E-state index contributed by atoms with van der Waals surface area (Å²) in [6.45, 7) is 6.40. The normalized spacial score (nSPS) is 23.6. The van der Waals surface area contributed by atoms with Crippen molar-refractivity contribution in [2.45, 2.75) is 0 Å². The first-order valence-electron chi connectivity index (χ1n) is 8.76. The molecule has 6 heteroatoms. The molecule has 6 nitrogen and oxygen atoms in total. The topological polar surface area (TPSA) is 75.9 Å². The summed E-state index contributed by atoms with van der Waals surface area (Å²) in [6.07, 6.45) is 8.70. The molecule has 0 spiro atoms. The Morgan fingerprint density at radius 3 is 2.69 bits per heavy atom. The van der Waals surface area contributed by atoms with E-state index >= 15 is 0 Å². The van der Waals surface area contributed by atoms with Crippen LogP contribution in [0.15, 0.2) is 55.9 Å². The van der Waals surface area contributed by atoms with Crippen molar-refractivity contribution in [2.75, 3.05) is 13.1 Å². The molecular formula is C20H19N5O. The van der Waals surface area contributed by atoms with Crippen LogP contribution in [0.1, 0.15) is 5.69 Å². The lowest BCUT2D eigenvalue weighted by Gasteiger charge is -2.10. The number of aromatic hydroxyl groups is 1. The fourth-order valence-corrected chi connectivity index (χ4v) is 4.05. The van der Waals surface area contributed by atoms with Crippen molar-refractivity contribution in [1.29, 1.82) is 0 Å². The largest absolute Gasteiger partial charge is 0.507 e. The van der Waals surface area contributed by atoms with Gasteiger partial charge in [-0.15, -0.1) is 0 Å². The van der Waals surface area contributed by atoms with Crippen molar-refractivity contribution in [3.8, 4) is 22.7 Å². The van der Waals surface area contributed by atoms with E-state index in [4.69, 9.17) is 0 Å². The molecule has 1 aliphatic heterocycles. The van der Waals surface area contributed by atoms with Crippen LogP contribution in [-0.4, -0.2) is 37.7 Å². The zero-order valence-corrected chi connectivity index (χ0v) is 14.2. The van der Waals surface area contributed by atoms with Crippen molar-refractivity contribution < 1.29 is 5.11 Å². The predicted molar refractivity (Wildman–Crippen MR) is 98.6 cm³/mol. The summed E-state index contributed by atoms with van der Waals surface area (Å²) in [6, 6.07) is 5.47. The Morgan fingerprint density at radius 1 is 1.19 bits per heavy atom. The van der Waals surface area contributed by atoms with Crippen LogP contribution in [0.3, 0.4) is 0 Å². The molecule has 130 valence electrons. The van der Waals surface area contributed by atoms with Crippen molar-refractivity contribution >= 4 is 5.57 Å². The molecule has 0 amide bonds. The van der Waals surface area contributed by atoms with Gasteiger partial charge in [-0.1, -0.05) is 6.58 Å². The number of hydrogen-bond donors (Lipinski definition) is 2. The standard InChI is InChI=1S/C20H19N5O/c1-12(20-15-7-22-8-16(15)20)17-9-24-18(10-23-17)14-3-2-13(6-19(14)26)25-5-4-21-11-25/h2-6,9-11,15-16,20,22,26H,1,7-8H2/t15-,16+,20?. The van der Waals surface area contributed by atoms with Gasteiger partial charge in [0.1, 0.15) is 5.75 Å². The quantitative estimate of drug-likeness (QED) is 0.760. The lowest BCUT2D eigenvalue weighted by atomic mass is 10.1. The molecule has 1 unspecified atom stereocenters. The first kappa shape index (κ1) is 15.3. The first-order valence-corrected chi connectivity index (χ1v) is 8.76. The van der Waals surface area contributed by atoms with Gasteiger partial charge >= 0.3 is 0 Å². The average molecular weight is 345 g/mol. The molecule has 1 saturated carbocycles. The Balaban J connectivity index is 1.38. The van der Waals surface area contributed by atoms with Crippen molar-refractivity contribution in [2.24, 2.45) is 17.8 Å². The maximum atomic E-state index is 10.4. The maximum absolute atomic E-state index is 10.4. The Bertz CT molecular complexity index is 954. The highest BCUT2D eigenvalue weighted by atomic mass is 16.3. The smallest absolute Gasteiger partial charge is 0.127 e. The number of allylic oxidation sites excluding steroid dienone is 1. The van der Waals surface area contributed by atoms with Crippen LogP contribution in [0.25, 0.3) is 22.5 Å². The van der Waals surface area contributed by atoms with E-state index in [9.17, 15) is 5.11 Å². The summed E-state index contributed by atoms with van der Waals surface area (Å²) in [4.78, 5) is 13.1. The number of phenolic OH excluding ortho intramolecular Hbond substituents is 1. The SMILES string of the molecule is C=C(c1cnc(-c2ccc(-n3ccnc3)cc2O)cn1)C1[C@H]2CNC[C@@H]12. The van der Waals surface area contributed by atoms with Gasteiger partial charge in [0.25, 0.3) is 0 Å². The lowest BCUT2D eigenvalue weighted by molar-refractivity contribution is 0.477. The van der Waals surface area contributed by atoms with Gasteiger partial charge in [0.2, 0.25) is 0 Å². The fraction of sp³-hybridized carbons (Fsp3) is 0.250. The summed E-state index contributed by atoms with van der Waals surface area (Å²) < 4.78 is 1.84. The summed E-state index contributed by atoms with van der Waals surface area (Å²) in [7, 11) is 0. The minimum Gasteiger partial charge on any atom is -0.507 e. The summed E-state index contributed by atoms with van der Waals surface area (Å²) in [5.74, 6) is 2.13. The molecule has 0 radical (unpaired) electrons. The molecule has 26 heavy (non-hydrogen) atoms. The molecule has 3 heterocycles. The third kappa shape index (κ3) is 2.42. The summed E-state index contributed by atoms with van der Waals surface area (Å²) in [5, 5.41) is 13.8. The molecule has 5 rings (SSSR count). The van der Waals surface area contributed by atoms with Gasteiger partial charge < -0.3 is 15.0 Å². The molecule has 2 aromatic heterocycles. The van der Waals surface area contributed by atoms with Crippen molar-refractivity contribution in [3.63, 3.8) is 0 Å². The second kappa shape index (κ2) is 5.78. The van der Waals surface area contributed by atoms with Crippen molar-refractivity contribution in [1.82, 2.24) is 24.8 Å². The van der Waals surface area contributed by atoms with Gasteiger partial charge in [-0.3, -0.25) is 9.97 Å². The average Bonchev–Trinajstić information content (AvgIpc) is 3.07. The van der Waals surface area contributed by atoms with E-state index < -0.39 is 0 Å². The molecule has 1 aromatic carbocycles. The van der Waals surface area contributed by atoms with Crippen LogP contribution in [0.2, 0.25) is 0 Å². The first-order chi connectivity index (χ1) is 12.7. The number of piperidine rings is 1. The van der Waals surface area contributed by atoms with Gasteiger partial charge in [0.15, 0.2) is 0 Å². The zero-order valence-electron chi connectivity index (χ0n) is 14.2. The van der Waals surface area contributed by atoms with Crippen LogP contribution in [0.5, 0.6) is 5.75 Å². The van der Waals surface area contributed by atoms with Crippen LogP contribution in [-0.2, 0) is 0 Å². The monoisotopic (exact) mass is 345 g/mol. The number of phenols is 1. The Morgan fingerprint density at radius 2 is 2.04 bits per heavy atom. The molecule has 0 bridgehead atoms. The number of nitrogens with zero attached hydrogens (tertiary/aromatic N) is 4. The second-order valence-electron chi connectivity index (χ2n) is 7.00. The molecular weight excluding hydrogens is 326 g/mol. The van der Waals surface area contributed by atoms with Crippen LogP contribution >= 0.6 is 0 Å². The predicted octanol–water partition coefficient (Wildman–Crippen LogP) is 2.51. The molecule has 3 aromatic rings. The van der Waals surface area contributed by atoms with Gasteiger partial charge in [-0.2, -0.15) is 0 Å². The van der Waals surface area contributed by atoms with Gasteiger partial charge in [0, 0.05) is 24.0 Å². The highest BCUT2D eigenvalue weighted by Crippen LogP contribution is 2.54. The van der Waals surface area contributed by atoms with Crippen LogP contribution in [0.4, 0.5) is 0 Å². The molecule has 2 aliphatic rings. The number of aromatic nitrogens is 4. The Labute approximate surface area is 151 Å². The number of hydrogen-bond acceptors (Lipinski definition) is 5. The summed E-state index contributed by atoms with van der Waals surface area (Å²) >= 11 is 0. The fourth-order valence-electron chi connectivity index (χ4n) is 4.05. The minimum absolute atomic E-state index is 0.167. The number of fused-ring (bicyclic) bond motifs is 1. The third-order valence-corrected chi connectivity index (χ3v) is 5.53. The molecule has 2 N–H and O–H groups in total. The van der Waals surface area contributed by atoms with E-state index in [1.54, 1.807) is 31.0 Å². The van der Waals surface area contributed by atoms with E-state index in [1.165, 1.54) is 0 Å². The van der Waals surface area contributed by atoms with E-state index in [1.807, 2.05) is 22.9 Å². The molecule has 3 atom stereocenters. The highest BCUT2D eigenvalue weighted by Gasteiger charge is 2.54. The maximum Gasteiger partial charge on any atom is 0.127 e. The van der Waals surface area contributed by atoms with E-state index in [-0.39, 0.29) is 5.75 Å². The van der Waals surface area contributed by atoms with Gasteiger partial charge in [-0.25, -0.2) is 4.98 Å². The summed E-state index contributed by atoms with van der Waals surface area (Å²) in [5.41, 5.74) is 4.08. The number of nitrogens with one attached hydrogen (secondary N) is 1.